The first-order chi connectivity index (χ1) is 9.58. The van der Waals surface area contributed by atoms with Gasteiger partial charge in [0, 0.05) is 6.04 Å². The lowest BCUT2D eigenvalue weighted by Crippen LogP contribution is -2.48. The van der Waals surface area contributed by atoms with Gasteiger partial charge in [0.05, 0.1) is 25.3 Å². The first kappa shape index (κ1) is 14.6. The van der Waals surface area contributed by atoms with E-state index in [4.69, 9.17) is 15.9 Å². The molecule has 1 aromatic heterocycles. The SMILES string of the molecule is NC(=O)CC(N)C(=O)N(Cc1ccco1)C1CCCC1. The highest BCUT2D eigenvalue weighted by Gasteiger charge is 2.31. The zero-order valence-corrected chi connectivity index (χ0v) is 11.5. The molecule has 0 radical (unpaired) electrons. The minimum atomic E-state index is -0.872. The number of primary amides is 1. The third-order valence-corrected chi connectivity index (χ3v) is 3.69. The molecule has 110 valence electrons. The van der Waals surface area contributed by atoms with Crippen molar-refractivity contribution in [2.24, 2.45) is 11.5 Å². The van der Waals surface area contributed by atoms with Crippen molar-refractivity contribution in [3.8, 4) is 0 Å². The van der Waals surface area contributed by atoms with Crippen LogP contribution in [0.2, 0.25) is 0 Å². The Labute approximate surface area is 118 Å². The number of carbonyl (C=O) groups excluding carboxylic acids is 2. The van der Waals surface area contributed by atoms with Crippen LogP contribution in [0.15, 0.2) is 22.8 Å². The fourth-order valence-electron chi connectivity index (χ4n) is 2.69. The van der Waals surface area contributed by atoms with E-state index in [1.54, 1.807) is 17.2 Å². The highest BCUT2D eigenvalue weighted by Crippen LogP contribution is 2.25. The lowest BCUT2D eigenvalue weighted by atomic mass is 10.1. The van der Waals surface area contributed by atoms with Crippen LogP contribution in [-0.4, -0.2) is 28.8 Å². The lowest BCUT2D eigenvalue weighted by molar-refractivity contribution is -0.137. The van der Waals surface area contributed by atoms with Crippen LogP contribution >= 0.6 is 0 Å². The highest BCUT2D eigenvalue weighted by molar-refractivity contribution is 5.87. The van der Waals surface area contributed by atoms with E-state index >= 15 is 0 Å². The Hall–Kier alpha value is -1.82. The number of nitrogens with two attached hydrogens (primary N) is 2. The summed E-state index contributed by atoms with van der Waals surface area (Å²) in [5.74, 6) is -0.0705. The molecule has 0 aromatic carbocycles. The second kappa shape index (κ2) is 6.56. The minimum Gasteiger partial charge on any atom is -0.467 e. The third kappa shape index (κ3) is 3.60. The molecule has 1 aliphatic rings. The van der Waals surface area contributed by atoms with Crippen LogP contribution in [0.4, 0.5) is 0 Å². The molecule has 0 aliphatic heterocycles. The molecule has 1 heterocycles. The topological polar surface area (TPSA) is 103 Å². The van der Waals surface area contributed by atoms with E-state index in [0.717, 1.165) is 31.4 Å². The summed E-state index contributed by atoms with van der Waals surface area (Å²) in [5, 5.41) is 0. The van der Waals surface area contributed by atoms with E-state index in [2.05, 4.69) is 0 Å². The summed E-state index contributed by atoms with van der Waals surface area (Å²) in [4.78, 5) is 25.1. The summed E-state index contributed by atoms with van der Waals surface area (Å²) < 4.78 is 5.31. The van der Waals surface area contributed by atoms with Gasteiger partial charge in [0.2, 0.25) is 11.8 Å². The lowest BCUT2D eigenvalue weighted by Gasteiger charge is -2.30. The number of carbonyl (C=O) groups is 2. The van der Waals surface area contributed by atoms with Gasteiger partial charge in [0.25, 0.3) is 0 Å². The molecule has 4 N–H and O–H groups in total. The van der Waals surface area contributed by atoms with Crippen molar-refractivity contribution in [3.63, 3.8) is 0 Å². The number of hydrogen-bond acceptors (Lipinski definition) is 4. The molecule has 1 aliphatic carbocycles. The molecule has 0 bridgehead atoms. The summed E-state index contributed by atoms with van der Waals surface area (Å²) in [6.45, 7) is 0.392. The molecule has 1 atom stereocenters. The van der Waals surface area contributed by atoms with Crippen molar-refractivity contribution in [1.29, 1.82) is 0 Å². The van der Waals surface area contributed by atoms with Gasteiger partial charge in [-0.1, -0.05) is 12.8 Å². The molecule has 1 saturated carbocycles. The predicted octanol–water partition coefficient (Wildman–Crippen LogP) is 0.753. The average Bonchev–Trinajstić information content (AvgIpc) is 3.07. The van der Waals surface area contributed by atoms with Crippen LogP contribution in [0.3, 0.4) is 0 Å². The van der Waals surface area contributed by atoms with Crippen LogP contribution in [0.1, 0.15) is 37.9 Å². The van der Waals surface area contributed by atoms with Gasteiger partial charge >= 0.3 is 0 Å². The molecule has 1 aromatic rings. The van der Waals surface area contributed by atoms with Crippen LogP contribution in [0.5, 0.6) is 0 Å². The zero-order chi connectivity index (χ0) is 14.5. The van der Waals surface area contributed by atoms with E-state index in [9.17, 15) is 9.59 Å². The van der Waals surface area contributed by atoms with E-state index < -0.39 is 11.9 Å². The summed E-state index contributed by atoms with van der Waals surface area (Å²) in [6.07, 6.45) is 5.61. The number of rotatable bonds is 6. The maximum atomic E-state index is 12.4. The standard InChI is InChI=1S/C14H21N3O3/c15-12(8-13(16)18)14(19)17(10-4-1-2-5-10)9-11-6-3-7-20-11/h3,6-7,10,12H,1-2,4-5,8-9,15H2,(H2,16,18). The predicted molar refractivity (Wildman–Crippen MR) is 73.3 cm³/mol. The summed E-state index contributed by atoms with van der Waals surface area (Å²) >= 11 is 0. The fraction of sp³-hybridized carbons (Fsp3) is 0.571. The van der Waals surface area contributed by atoms with Crippen molar-refractivity contribution >= 4 is 11.8 Å². The van der Waals surface area contributed by atoms with E-state index in [0.29, 0.717) is 6.54 Å². The van der Waals surface area contributed by atoms with Crippen molar-refractivity contribution < 1.29 is 14.0 Å². The van der Waals surface area contributed by atoms with Gasteiger partial charge in [0.1, 0.15) is 5.76 Å². The Bertz CT molecular complexity index is 452. The Kier molecular flexibility index (Phi) is 4.79. The normalized spacial score (nSPS) is 17.1. The van der Waals surface area contributed by atoms with Crippen molar-refractivity contribution in [2.75, 3.05) is 0 Å². The van der Waals surface area contributed by atoms with Gasteiger partial charge in [-0.15, -0.1) is 0 Å². The first-order valence-electron chi connectivity index (χ1n) is 6.94. The van der Waals surface area contributed by atoms with Gasteiger partial charge in [-0.25, -0.2) is 0 Å². The number of furan rings is 1. The van der Waals surface area contributed by atoms with Crippen LogP contribution < -0.4 is 11.5 Å². The summed E-state index contributed by atoms with van der Waals surface area (Å²) in [6, 6.07) is 2.92. The first-order valence-corrected chi connectivity index (χ1v) is 6.94. The number of amides is 2. The molecule has 0 saturated heterocycles. The van der Waals surface area contributed by atoms with Crippen molar-refractivity contribution in [2.45, 2.75) is 50.7 Å². The minimum absolute atomic E-state index is 0.125. The second-order valence-electron chi connectivity index (χ2n) is 5.26. The molecule has 0 spiro atoms. The Morgan fingerprint density at radius 2 is 2.10 bits per heavy atom. The van der Waals surface area contributed by atoms with Crippen LogP contribution in [-0.2, 0) is 16.1 Å². The molecule has 6 nitrogen and oxygen atoms in total. The Morgan fingerprint density at radius 1 is 1.40 bits per heavy atom. The van der Waals surface area contributed by atoms with E-state index in [1.807, 2.05) is 6.07 Å². The maximum Gasteiger partial charge on any atom is 0.240 e. The molecule has 2 amide bonds. The average molecular weight is 279 g/mol. The van der Waals surface area contributed by atoms with E-state index in [-0.39, 0.29) is 18.4 Å². The van der Waals surface area contributed by atoms with Gasteiger partial charge in [-0.3, -0.25) is 9.59 Å². The Morgan fingerprint density at radius 3 is 2.65 bits per heavy atom. The highest BCUT2D eigenvalue weighted by atomic mass is 16.3. The molecule has 1 fully saturated rings. The molecular formula is C14H21N3O3. The fourth-order valence-corrected chi connectivity index (χ4v) is 2.69. The van der Waals surface area contributed by atoms with Crippen LogP contribution in [0, 0.1) is 0 Å². The smallest absolute Gasteiger partial charge is 0.240 e. The molecule has 20 heavy (non-hydrogen) atoms. The molecule has 2 rings (SSSR count). The van der Waals surface area contributed by atoms with Gasteiger partial charge in [-0.2, -0.15) is 0 Å². The quantitative estimate of drug-likeness (QED) is 0.802. The van der Waals surface area contributed by atoms with Crippen molar-refractivity contribution in [3.05, 3.63) is 24.2 Å². The molecular weight excluding hydrogens is 258 g/mol. The van der Waals surface area contributed by atoms with Gasteiger partial charge < -0.3 is 20.8 Å². The number of nitrogens with zero attached hydrogens (tertiary/aromatic N) is 1. The van der Waals surface area contributed by atoms with Crippen molar-refractivity contribution in [1.82, 2.24) is 4.90 Å². The second-order valence-corrected chi connectivity index (χ2v) is 5.26. The maximum absolute atomic E-state index is 12.4. The molecule has 1 unspecified atom stereocenters. The van der Waals surface area contributed by atoms with Crippen LogP contribution in [0.25, 0.3) is 0 Å². The summed E-state index contributed by atoms with van der Waals surface area (Å²) in [7, 11) is 0. The monoisotopic (exact) mass is 279 g/mol. The van der Waals surface area contributed by atoms with E-state index in [1.165, 1.54) is 0 Å². The summed E-state index contributed by atoms with van der Waals surface area (Å²) in [5.41, 5.74) is 10.9. The largest absolute Gasteiger partial charge is 0.467 e. The zero-order valence-electron chi connectivity index (χ0n) is 11.5. The Balaban J connectivity index is 2.08. The number of hydrogen-bond donors (Lipinski definition) is 2. The molecule has 6 heteroatoms. The van der Waals surface area contributed by atoms with Gasteiger partial charge in [0.15, 0.2) is 0 Å². The van der Waals surface area contributed by atoms with Gasteiger partial charge in [-0.05, 0) is 25.0 Å². The third-order valence-electron chi connectivity index (χ3n) is 3.69.